The summed E-state index contributed by atoms with van der Waals surface area (Å²) >= 11 is 1.63. The fourth-order valence-corrected chi connectivity index (χ4v) is 5.72. The van der Waals surface area contributed by atoms with Gasteiger partial charge in [-0.1, -0.05) is 36.4 Å². The number of nitrogens with one attached hydrogen (secondary N) is 1. The molecule has 0 bridgehead atoms. The van der Waals surface area contributed by atoms with E-state index in [-0.39, 0.29) is 12.0 Å². The van der Waals surface area contributed by atoms with Crippen LogP contribution in [0.25, 0.3) is 20.8 Å². The molecular weight excluding hydrogens is 508 g/mol. The third kappa shape index (κ3) is 6.46. The number of carbonyl (C=O) groups excluding carboxylic acids is 2. The molecular formula is C31H34N4O3S. The maximum Gasteiger partial charge on any atom is 0.410 e. The Balaban J connectivity index is 1.28. The molecule has 7 nitrogen and oxygen atoms in total. The van der Waals surface area contributed by atoms with Crippen LogP contribution in [0.15, 0.2) is 66.7 Å². The first-order valence-corrected chi connectivity index (χ1v) is 14.0. The first-order valence-electron chi connectivity index (χ1n) is 13.2. The van der Waals surface area contributed by atoms with Crippen LogP contribution in [0.2, 0.25) is 0 Å². The second-order valence-corrected chi connectivity index (χ2v) is 11.9. The quantitative estimate of drug-likeness (QED) is 0.308. The van der Waals surface area contributed by atoms with Crippen LogP contribution in [0.5, 0.6) is 0 Å². The van der Waals surface area contributed by atoms with E-state index in [0.717, 1.165) is 51.7 Å². The summed E-state index contributed by atoms with van der Waals surface area (Å²) < 4.78 is 6.62. The lowest BCUT2D eigenvalue weighted by atomic mass is 10.1. The van der Waals surface area contributed by atoms with Crippen LogP contribution < -0.4 is 5.32 Å². The van der Waals surface area contributed by atoms with Gasteiger partial charge >= 0.3 is 6.09 Å². The van der Waals surface area contributed by atoms with Gasteiger partial charge in [0.25, 0.3) is 5.91 Å². The van der Waals surface area contributed by atoms with Crippen molar-refractivity contribution in [1.82, 2.24) is 14.8 Å². The number of benzene rings is 3. The van der Waals surface area contributed by atoms with Crippen molar-refractivity contribution in [3.8, 4) is 10.6 Å². The Labute approximate surface area is 233 Å². The Hall–Kier alpha value is -3.75. The van der Waals surface area contributed by atoms with Crippen molar-refractivity contribution in [2.75, 3.05) is 31.5 Å². The number of piperazine rings is 1. The molecule has 3 aromatic carbocycles. The highest BCUT2D eigenvalue weighted by molar-refractivity contribution is 7.21. The number of anilines is 1. The Morgan fingerprint density at radius 1 is 0.974 bits per heavy atom. The number of ether oxygens (including phenoxy) is 1. The number of aromatic nitrogens is 1. The summed E-state index contributed by atoms with van der Waals surface area (Å²) in [7, 11) is 0. The van der Waals surface area contributed by atoms with Gasteiger partial charge in [-0.3, -0.25) is 9.69 Å². The van der Waals surface area contributed by atoms with Crippen LogP contribution in [-0.4, -0.2) is 58.6 Å². The Morgan fingerprint density at radius 3 is 2.44 bits per heavy atom. The highest BCUT2D eigenvalue weighted by Crippen LogP contribution is 2.35. The van der Waals surface area contributed by atoms with Crippen molar-refractivity contribution in [2.45, 2.75) is 39.8 Å². The summed E-state index contributed by atoms with van der Waals surface area (Å²) in [6.45, 7) is 11.4. The third-order valence-corrected chi connectivity index (χ3v) is 7.73. The van der Waals surface area contributed by atoms with E-state index < -0.39 is 5.60 Å². The van der Waals surface area contributed by atoms with Crippen LogP contribution in [-0.2, 0) is 11.3 Å². The average molecular weight is 543 g/mol. The smallest absolute Gasteiger partial charge is 0.410 e. The first kappa shape index (κ1) is 26.8. The highest BCUT2D eigenvalue weighted by Gasteiger charge is 2.26. The van der Waals surface area contributed by atoms with Crippen molar-refractivity contribution >= 4 is 39.2 Å². The zero-order chi connectivity index (χ0) is 27.6. The van der Waals surface area contributed by atoms with Gasteiger partial charge in [0, 0.05) is 43.9 Å². The number of nitrogens with zero attached hydrogens (tertiary/aromatic N) is 3. The molecule has 5 rings (SSSR count). The van der Waals surface area contributed by atoms with Crippen LogP contribution in [0.3, 0.4) is 0 Å². The summed E-state index contributed by atoms with van der Waals surface area (Å²) in [5, 5.41) is 3.95. The lowest BCUT2D eigenvalue weighted by Gasteiger charge is -2.35. The molecule has 0 aliphatic carbocycles. The van der Waals surface area contributed by atoms with Crippen molar-refractivity contribution < 1.29 is 14.3 Å². The van der Waals surface area contributed by atoms with Crippen LogP contribution in [0.1, 0.15) is 42.3 Å². The van der Waals surface area contributed by atoms with Gasteiger partial charge in [0.15, 0.2) is 0 Å². The molecule has 202 valence electrons. The lowest BCUT2D eigenvalue weighted by Crippen LogP contribution is -2.49. The van der Waals surface area contributed by atoms with E-state index in [4.69, 9.17) is 9.72 Å². The molecule has 1 aliphatic rings. The van der Waals surface area contributed by atoms with E-state index in [0.29, 0.717) is 18.7 Å². The Bertz CT molecular complexity index is 1500. The summed E-state index contributed by atoms with van der Waals surface area (Å²) in [6, 6.07) is 21.8. The fourth-order valence-electron chi connectivity index (χ4n) is 4.65. The van der Waals surface area contributed by atoms with Crippen molar-refractivity contribution in [1.29, 1.82) is 0 Å². The van der Waals surface area contributed by atoms with Crippen LogP contribution in [0.4, 0.5) is 10.5 Å². The van der Waals surface area contributed by atoms with Crippen LogP contribution in [0, 0.1) is 6.92 Å². The van der Waals surface area contributed by atoms with Crippen molar-refractivity contribution in [2.24, 2.45) is 0 Å². The summed E-state index contributed by atoms with van der Waals surface area (Å²) in [5.74, 6) is -0.129. The molecule has 0 saturated carbocycles. The molecule has 2 amide bonds. The van der Waals surface area contributed by atoms with Gasteiger partial charge in [-0.2, -0.15) is 0 Å². The van der Waals surface area contributed by atoms with Crippen molar-refractivity contribution in [3.05, 3.63) is 83.4 Å². The van der Waals surface area contributed by atoms with Gasteiger partial charge in [-0.25, -0.2) is 9.78 Å². The number of rotatable bonds is 5. The minimum atomic E-state index is -0.482. The standard InChI is InChI=1S/C31H34N4O3S/c1-21-9-5-6-10-23(21)28(36)32-25-12-8-7-11-24(25)29-33-26-14-13-22(19-27(26)39-29)20-34-15-17-35(18-16-34)30(37)38-31(2,3)4/h5-14,19H,15-18,20H2,1-4H3,(H,32,36). The molecule has 1 N–H and O–H groups in total. The summed E-state index contributed by atoms with van der Waals surface area (Å²) in [6.07, 6.45) is -0.240. The topological polar surface area (TPSA) is 74.8 Å². The van der Waals surface area contributed by atoms with Gasteiger partial charge in [-0.05, 0) is 69.2 Å². The van der Waals surface area contributed by atoms with Crippen molar-refractivity contribution in [3.63, 3.8) is 0 Å². The summed E-state index contributed by atoms with van der Waals surface area (Å²) in [5.41, 5.74) is 4.91. The third-order valence-electron chi connectivity index (χ3n) is 6.68. The average Bonchev–Trinajstić information content (AvgIpc) is 3.32. The van der Waals surface area contributed by atoms with Gasteiger partial charge < -0.3 is 15.0 Å². The number of aryl methyl sites for hydroxylation is 1. The van der Waals surface area contributed by atoms with E-state index in [9.17, 15) is 9.59 Å². The monoisotopic (exact) mass is 542 g/mol. The van der Waals surface area contributed by atoms with Crippen LogP contribution >= 0.6 is 11.3 Å². The van der Waals surface area contributed by atoms with E-state index >= 15 is 0 Å². The molecule has 0 radical (unpaired) electrons. The number of amides is 2. The Kier molecular flexibility index (Phi) is 7.68. The molecule has 1 aliphatic heterocycles. The van der Waals surface area contributed by atoms with Gasteiger partial charge in [0.2, 0.25) is 0 Å². The minimum Gasteiger partial charge on any atom is -0.444 e. The van der Waals surface area contributed by atoms with E-state index in [1.807, 2.05) is 76.2 Å². The minimum absolute atomic E-state index is 0.129. The van der Waals surface area contributed by atoms with E-state index in [2.05, 4.69) is 28.4 Å². The second kappa shape index (κ2) is 11.2. The number of hydrogen-bond donors (Lipinski definition) is 1. The molecule has 0 unspecified atom stereocenters. The molecule has 0 atom stereocenters. The molecule has 4 aromatic rings. The molecule has 39 heavy (non-hydrogen) atoms. The van der Waals surface area contributed by atoms with E-state index in [1.165, 1.54) is 5.56 Å². The summed E-state index contributed by atoms with van der Waals surface area (Å²) in [4.78, 5) is 34.4. The molecule has 1 saturated heterocycles. The largest absolute Gasteiger partial charge is 0.444 e. The normalized spacial score (nSPS) is 14.4. The zero-order valence-electron chi connectivity index (χ0n) is 22.9. The number of carbonyl (C=O) groups is 2. The number of hydrogen-bond acceptors (Lipinski definition) is 6. The lowest BCUT2D eigenvalue weighted by molar-refractivity contribution is 0.0139. The molecule has 1 aromatic heterocycles. The second-order valence-electron chi connectivity index (χ2n) is 10.9. The number of thiazole rings is 1. The fraction of sp³-hybridized carbons (Fsp3) is 0.323. The molecule has 0 spiro atoms. The maximum absolute atomic E-state index is 13.0. The maximum atomic E-state index is 13.0. The predicted octanol–water partition coefficient (Wildman–Crippen LogP) is 6.58. The predicted molar refractivity (Wildman–Crippen MR) is 157 cm³/mol. The molecule has 8 heteroatoms. The SMILES string of the molecule is Cc1ccccc1C(=O)Nc1ccccc1-c1nc2ccc(CN3CCN(C(=O)OC(C)(C)C)CC3)cc2s1. The molecule has 2 heterocycles. The first-order chi connectivity index (χ1) is 18.7. The molecule has 1 fully saturated rings. The number of fused-ring (bicyclic) bond motifs is 1. The zero-order valence-corrected chi connectivity index (χ0v) is 23.7. The number of para-hydroxylation sites is 1. The van der Waals surface area contributed by atoms with Gasteiger partial charge in [0.1, 0.15) is 10.6 Å². The van der Waals surface area contributed by atoms with Gasteiger partial charge in [0.05, 0.1) is 15.9 Å². The van der Waals surface area contributed by atoms with Gasteiger partial charge in [-0.15, -0.1) is 11.3 Å². The highest BCUT2D eigenvalue weighted by atomic mass is 32.1. The Morgan fingerprint density at radius 2 is 1.69 bits per heavy atom. The van der Waals surface area contributed by atoms with E-state index in [1.54, 1.807) is 16.2 Å².